The SMILES string of the molecule is COC(=O)Oc1ccc(/C=N\NC(=O)CN(c2ccc(F)cc2)S(=O)(=O)c2ccc(C)cc2)cc1OC. The largest absolute Gasteiger partial charge is 0.513 e. The average Bonchev–Trinajstić information content (AvgIpc) is 2.88. The molecule has 0 aliphatic heterocycles. The molecule has 0 bridgehead atoms. The smallest absolute Gasteiger partial charge is 0.493 e. The van der Waals surface area contributed by atoms with E-state index in [1.54, 1.807) is 18.2 Å². The summed E-state index contributed by atoms with van der Waals surface area (Å²) in [4.78, 5) is 23.9. The van der Waals surface area contributed by atoms with Gasteiger partial charge in [0, 0.05) is 0 Å². The van der Waals surface area contributed by atoms with Gasteiger partial charge >= 0.3 is 6.16 Å². The quantitative estimate of drug-likeness (QED) is 0.194. The third-order valence-electron chi connectivity index (χ3n) is 4.96. The predicted octanol–water partition coefficient (Wildman–Crippen LogP) is 3.63. The van der Waals surface area contributed by atoms with Crippen LogP contribution in [0.2, 0.25) is 0 Å². The van der Waals surface area contributed by atoms with E-state index in [4.69, 9.17) is 9.47 Å². The number of hydrogen-bond donors (Lipinski definition) is 1. The second-order valence-electron chi connectivity index (χ2n) is 7.56. The number of hydrazone groups is 1. The highest BCUT2D eigenvalue weighted by atomic mass is 32.2. The van der Waals surface area contributed by atoms with Crippen molar-refractivity contribution in [3.8, 4) is 11.5 Å². The summed E-state index contributed by atoms with van der Waals surface area (Å²) in [5.41, 5.74) is 3.72. The number of hydrogen-bond acceptors (Lipinski definition) is 8. The molecule has 0 unspecified atom stereocenters. The number of nitrogens with one attached hydrogen (secondary N) is 1. The standard InChI is InChI=1S/C25H24FN3O7S/c1-17-4-11-21(12-5-17)37(32,33)29(20-9-7-19(26)8-10-20)16-24(30)28-27-15-18-6-13-22(23(14-18)34-2)36-25(31)35-3/h4-15H,16H2,1-3H3,(H,28,30)/b27-15-. The lowest BCUT2D eigenvalue weighted by molar-refractivity contribution is -0.119. The highest BCUT2D eigenvalue weighted by Crippen LogP contribution is 2.28. The maximum Gasteiger partial charge on any atom is 0.513 e. The van der Waals surface area contributed by atoms with Gasteiger partial charge in [-0.1, -0.05) is 17.7 Å². The number of benzene rings is 3. The number of ether oxygens (including phenoxy) is 3. The van der Waals surface area contributed by atoms with Gasteiger partial charge in [-0.25, -0.2) is 23.0 Å². The van der Waals surface area contributed by atoms with Gasteiger partial charge in [-0.3, -0.25) is 9.10 Å². The Morgan fingerprint density at radius 1 is 1.00 bits per heavy atom. The zero-order chi connectivity index (χ0) is 27.0. The number of sulfonamides is 1. The van der Waals surface area contributed by atoms with Gasteiger partial charge in [0.2, 0.25) is 0 Å². The molecule has 1 N–H and O–H groups in total. The van der Waals surface area contributed by atoms with Crippen molar-refractivity contribution >= 4 is 34.0 Å². The van der Waals surface area contributed by atoms with Crippen molar-refractivity contribution in [3.05, 3.63) is 83.7 Å². The van der Waals surface area contributed by atoms with Crippen LogP contribution in [0.1, 0.15) is 11.1 Å². The molecule has 12 heteroatoms. The van der Waals surface area contributed by atoms with Gasteiger partial charge in [-0.05, 0) is 67.1 Å². The Labute approximate surface area is 213 Å². The number of carbonyl (C=O) groups is 2. The van der Waals surface area contributed by atoms with Crippen LogP contribution in [0.3, 0.4) is 0 Å². The van der Waals surface area contributed by atoms with Gasteiger partial charge in [0.1, 0.15) is 12.4 Å². The fourth-order valence-corrected chi connectivity index (χ4v) is 4.51. The van der Waals surface area contributed by atoms with Crippen molar-refractivity contribution in [2.45, 2.75) is 11.8 Å². The number of rotatable bonds is 9. The third-order valence-corrected chi connectivity index (χ3v) is 6.75. The van der Waals surface area contributed by atoms with Crippen LogP contribution in [-0.2, 0) is 19.6 Å². The molecule has 0 aliphatic rings. The Balaban J connectivity index is 1.78. The maximum atomic E-state index is 13.5. The number of aryl methyl sites for hydroxylation is 1. The van der Waals surface area contributed by atoms with E-state index < -0.39 is 34.4 Å². The molecule has 194 valence electrons. The molecule has 3 rings (SSSR count). The predicted molar refractivity (Wildman–Crippen MR) is 134 cm³/mol. The van der Waals surface area contributed by atoms with Crippen LogP contribution in [0.25, 0.3) is 0 Å². The third kappa shape index (κ3) is 7.04. The van der Waals surface area contributed by atoms with E-state index in [-0.39, 0.29) is 22.1 Å². The molecule has 10 nitrogen and oxygen atoms in total. The van der Waals surface area contributed by atoms with Gasteiger partial charge < -0.3 is 14.2 Å². The summed E-state index contributed by atoms with van der Waals surface area (Å²) < 4.78 is 55.5. The van der Waals surface area contributed by atoms with Crippen molar-refractivity contribution < 1.29 is 36.6 Å². The molecule has 1 amide bonds. The number of methoxy groups -OCH3 is 2. The van der Waals surface area contributed by atoms with E-state index in [1.807, 2.05) is 6.92 Å². The fourth-order valence-electron chi connectivity index (χ4n) is 3.08. The van der Waals surface area contributed by atoms with Crippen LogP contribution in [0, 0.1) is 12.7 Å². The molecule has 0 saturated heterocycles. The first kappa shape index (κ1) is 27.1. The minimum atomic E-state index is -4.15. The van der Waals surface area contributed by atoms with Gasteiger partial charge in [0.15, 0.2) is 11.5 Å². The van der Waals surface area contributed by atoms with E-state index in [9.17, 15) is 22.4 Å². The molecule has 0 aliphatic carbocycles. The zero-order valence-electron chi connectivity index (χ0n) is 20.2. The van der Waals surface area contributed by atoms with Crippen LogP contribution in [-0.4, -0.2) is 47.5 Å². The summed E-state index contributed by atoms with van der Waals surface area (Å²) in [5, 5.41) is 3.86. The zero-order valence-corrected chi connectivity index (χ0v) is 21.0. The first-order chi connectivity index (χ1) is 17.6. The molecule has 0 saturated carbocycles. The van der Waals surface area contributed by atoms with Crippen molar-refractivity contribution in [3.63, 3.8) is 0 Å². The van der Waals surface area contributed by atoms with Gasteiger partial charge in [-0.2, -0.15) is 5.10 Å². The van der Waals surface area contributed by atoms with Crippen molar-refractivity contribution in [1.82, 2.24) is 5.43 Å². The first-order valence-electron chi connectivity index (χ1n) is 10.7. The molecule has 37 heavy (non-hydrogen) atoms. The Bertz CT molecular complexity index is 1390. The van der Waals surface area contributed by atoms with Crippen LogP contribution < -0.4 is 19.2 Å². The highest BCUT2D eigenvalue weighted by molar-refractivity contribution is 7.92. The van der Waals surface area contributed by atoms with Crippen LogP contribution in [0.5, 0.6) is 11.5 Å². The molecule has 0 aromatic heterocycles. The van der Waals surface area contributed by atoms with Gasteiger partial charge in [0.25, 0.3) is 15.9 Å². The Morgan fingerprint density at radius 3 is 2.30 bits per heavy atom. The van der Waals surface area contributed by atoms with Crippen LogP contribution in [0.4, 0.5) is 14.9 Å². The van der Waals surface area contributed by atoms with Crippen LogP contribution in [0.15, 0.2) is 76.7 Å². The van der Waals surface area contributed by atoms with E-state index in [2.05, 4.69) is 15.3 Å². The first-order valence-corrected chi connectivity index (χ1v) is 12.2. The molecule has 3 aromatic rings. The average molecular weight is 530 g/mol. The second kappa shape index (κ2) is 12.0. The molecular weight excluding hydrogens is 505 g/mol. The summed E-state index contributed by atoms with van der Waals surface area (Å²) in [6.07, 6.45) is 0.372. The fraction of sp³-hybridized carbons (Fsp3) is 0.160. The molecule has 3 aromatic carbocycles. The van der Waals surface area contributed by atoms with Crippen LogP contribution >= 0.6 is 0 Å². The summed E-state index contributed by atoms with van der Waals surface area (Å²) in [7, 11) is -1.61. The number of anilines is 1. The molecule has 0 fully saturated rings. The lowest BCUT2D eigenvalue weighted by Gasteiger charge is -2.23. The Morgan fingerprint density at radius 2 is 1.68 bits per heavy atom. The maximum absolute atomic E-state index is 13.5. The minimum absolute atomic E-state index is 0.0277. The molecule has 0 spiro atoms. The minimum Gasteiger partial charge on any atom is -0.493 e. The van der Waals surface area contributed by atoms with Crippen molar-refractivity contribution in [2.75, 3.05) is 25.1 Å². The van der Waals surface area contributed by atoms with Crippen molar-refractivity contribution in [1.29, 1.82) is 0 Å². The second-order valence-corrected chi connectivity index (χ2v) is 9.42. The highest BCUT2D eigenvalue weighted by Gasteiger charge is 2.27. The monoisotopic (exact) mass is 529 g/mol. The summed E-state index contributed by atoms with van der Waals surface area (Å²) in [6, 6.07) is 15.4. The van der Waals surface area contributed by atoms with E-state index in [1.165, 1.54) is 56.8 Å². The van der Waals surface area contributed by atoms with E-state index in [0.29, 0.717) is 5.56 Å². The van der Waals surface area contributed by atoms with Gasteiger partial charge in [0.05, 0.1) is 31.0 Å². The molecule has 0 heterocycles. The summed E-state index contributed by atoms with van der Waals surface area (Å²) in [6.45, 7) is 1.20. The number of halogens is 1. The lowest BCUT2D eigenvalue weighted by atomic mass is 10.2. The Hall–Kier alpha value is -4.45. The summed E-state index contributed by atoms with van der Waals surface area (Å²) in [5.74, 6) is -0.961. The summed E-state index contributed by atoms with van der Waals surface area (Å²) >= 11 is 0. The number of amides is 1. The van der Waals surface area contributed by atoms with Gasteiger partial charge in [-0.15, -0.1) is 0 Å². The topological polar surface area (TPSA) is 124 Å². The molecular formula is C25H24FN3O7S. The molecule has 0 radical (unpaired) electrons. The van der Waals surface area contributed by atoms with Crippen molar-refractivity contribution in [2.24, 2.45) is 5.10 Å². The lowest BCUT2D eigenvalue weighted by Crippen LogP contribution is -2.39. The molecule has 0 atom stereocenters. The van der Waals surface area contributed by atoms with E-state index >= 15 is 0 Å². The number of nitrogens with zero attached hydrogens (tertiary/aromatic N) is 2. The Kier molecular flexibility index (Phi) is 8.80. The number of carbonyl (C=O) groups excluding carboxylic acids is 2. The van der Waals surface area contributed by atoms with E-state index in [0.717, 1.165) is 22.0 Å². The normalized spacial score (nSPS) is 11.1.